The number of benzene rings is 1. The monoisotopic (exact) mass is 275 g/mol. The van der Waals surface area contributed by atoms with E-state index in [2.05, 4.69) is 52.8 Å². The van der Waals surface area contributed by atoms with Crippen molar-refractivity contribution in [3.8, 4) is 0 Å². The molecule has 3 aromatic rings. The van der Waals surface area contributed by atoms with Gasteiger partial charge in [0.25, 0.3) is 0 Å². The van der Waals surface area contributed by atoms with Gasteiger partial charge in [-0.15, -0.1) is 0 Å². The average Bonchev–Trinajstić information content (AvgIpc) is 3.04. The minimum Gasteiger partial charge on any atom is -0.323 e. The molecule has 3 nitrogen and oxygen atoms in total. The lowest BCUT2D eigenvalue weighted by atomic mass is 10.1. The van der Waals surface area contributed by atoms with Gasteiger partial charge in [-0.1, -0.05) is 25.1 Å². The van der Waals surface area contributed by atoms with E-state index in [1.807, 2.05) is 18.3 Å². The smallest absolute Gasteiger partial charge is 0.135 e. The van der Waals surface area contributed by atoms with E-state index >= 15 is 0 Å². The van der Waals surface area contributed by atoms with E-state index in [9.17, 15) is 0 Å². The maximum Gasteiger partial charge on any atom is 0.135 e. The zero-order valence-corrected chi connectivity index (χ0v) is 12.0. The lowest BCUT2D eigenvalue weighted by Gasteiger charge is -2.19. The molecule has 0 bridgehead atoms. The van der Waals surface area contributed by atoms with Crippen molar-refractivity contribution in [1.29, 1.82) is 5.41 Å². The van der Waals surface area contributed by atoms with E-state index in [1.54, 1.807) is 0 Å². The number of pyridine rings is 1. The Morgan fingerprint density at radius 3 is 2.67 bits per heavy atom. The van der Waals surface area contributed by atoms with Crippen molar-refractivity contribution in [3.05, 3.63) is 71.5 Å². The highest BCUT2D eigenvalue weighted by atomic mass is 15.2. The summed E-state index contributed by atoms with van der Waals surface area (Å²) in [6, 6.07) is 14.7. The molecule has 4 rings (SSSR count). The first kappa shape index (κ1) is 12.2. The molecular weight excluding hydrogens is 258 g/mol. The van der Waals surface area contributed by atoms with Crippen LogP contribution in [0.15, 0.2) is 54.9 Å². The zero-order chi connectivity index (χ0) is 14.4. The third-order valence-electron chi connectivity index (χ3n) is 4.25. The first-order valence-electron chi connectivity index (χ1n) is 7.32. The molecule has 0 saturated carbocycles. The highest BCUT2D eigenvalue weighted by molar-refractivity contribution is 6.16. The Morgan fingerprint density at radius 1 is 1.10 bits per heavy atom. The molecule has 1 aliphatic rings. The Hall–Kier alpha value is -2.55. The van der Waals surface area contributed by atoms with Crippen LogP contribution in [0.1, 0.15) is 23.6 Å². The maximum absolute atomic E-state index is 8.54. The summed E-state index contributed by atoms with van der Waals surface area (Å²) in [5.41, 5.74) is 5.84. The van der Waals surface area contributed by atoms with Crippen LogP contribution in [0, 0.1) is 5.41 Å². The van der Waals surface area contributed by atoms with Gasteiger partial charge in [-0.2, -0.15) is 0 Å². The predicted molar refractivity (Wildman–Crippen MR) is 86.2 cm³/mol. The number of anilines is 1. The lowest BCUT2D eigenvalue weighted by molar-refractivity contribution is 1.03. The number of aromatic nitrogens is 1. The van der Waals surface area contributed by atoms with Gasteiger partial charge >= 0.3 is 0 Å². The minimum absolute atomic E-state index is 0.600. The van der Waals surface area contributed by atoms with Crippen LogP contribution >= 0.6 is 0 Å². The van der Waals surface area contributed by atoms with Crippen LogP contribution in [0.3, 0.4) is 0 Å². The fourth-order valence-corrected chi connectivity index (χ4v) is 3.09. The molecule has 21 heavy (non-hydrogen) atoms. The molecule has 0 fully saturated rings. The van der Waals surface area contributed by atoms with E-state index in [1.165, 1.54) is 11.1 Å². The molecule has 0 unspecified atom stereocenters. The molecule has 0 aliphatic carbocycles. The van der Waals surface area contributed by atoms with Crippen LogP contribution < -0.4 is 4.90 Å². The maximum atomic E-state index is 8.54. The summed E-state index contributed by atoms with van der Waals surface area (Å²) in [6.45, 7) is 2.94. The van der Waals surface area contributed by atoms with E-state index < -0.39 is 0 Å². The van der Waals surface area contributed by atoms with Crippen LogP contribution in [-0.4, -0.2) is 10.2 Å². The number of amidine groups is 1. The summed E-state index contributed by atoms with van der Waals surface area (Å²) in [4.78, 5) is 2.08. The number of hydrogen-bond donors (Lipinski definition) is 1. The fourth-order valence-electron chi connectivity index (χ4n) is 3.09. The van der Waals surface area contributed by atoms with E-state index in [0.29, 0.717) is 5.84 Å². The summed E-state index contributed by atoms with van der Waals surface area (Å²) in [5, 5.41) is 8.54. The van der Waals surface area contributed by atoms with E-state index in [4.69, 9.17) is 5.41 Å². The molecule has 104 valence electrons. The van der Waals surface area contributed by atoms with Crippen LogP contribution in [0.4, 0.5) is 5.69 Å². The molecule has 0 atom stereocenters. The van der Waals surface area contributed by atoms with Gasteiger partial charge in [0.2, 0.25) is 0 Å². The number of nitrogens with one attached hydrogen (secondary N) is 1. The van der Waals surface area contributed by atoms with Crippen molar-refractivity contribution in [1.82, 2.24) is 4.40 Å². The van der Waals surface area contributed by atoms with Crippen LogP contribution in [0.25, 0.3) is 5.52 Å². The molecule has 1 N–H and O–H groups in total. The Labute approximate surface area is 124 Å². The van der Waals surface area contributed by atoms with Crippen LogP contribution in [0.2, 0.25) is 0 Å². The Balaban J connectivity index is 1.75. The highest BCUT2D eigenvalue weighted by Gasteiger charge is 2.28. The summed E-state index contributed by atoms with van der Waals surface area (Å²) in [7, 11) is 0. The summed E-state index contributed by atoms with van der Waals surface area (Å²) < 4.78 is 2.11. The molecule has 3 heterocycles. The number of fused-ring (bicyclic) bond motifs is 3. The number of rotatable bonds is 2. The molecular formula is C18H17N3. The minimum atomic E-state index is 0.600. The fraction of sp³-hybridized carbons (Fsp3) is 0.167. The second-order valence-electron chi connectivity index (χ2n) is 5.48. The zero-order valence-electron chi connectivity index (χ0n) is 12.0. The van der Waals surface area contributed by atoms with E-state index in [-0.39, 0.29) is 0 Å². The third kappa shape index (κ3) is 1.77. The largest absolute Gasteiger partial charge is 0.323 e. The molecule has 0 radical (unpaired) electrons. The van der Waals surface area contributed by atoms with Gasteiger partial charge in [0, 0.05) is 29.2 Å². The molecule has 0 saturated heterocycles. The van der Waals surface area contributed by atoms with Crippen molar-refractivity contribution in [2.24, 2.45) is 0 Å². The van der Waals surface area contributed by atoms with Gasteiger partial charge in [0.1, 0.15) is 5.84 Å². The quantitative estimate of drug-likeness (QED) is 0.757. The van der Waals surface area contributed by atoms with Gasteiger partial charge in [0.15, 0.2) is 0 Å². The summed E-state index contributed by atoms with van der Waals surface area (Å²) in [5.74, 6) is 0.600. The van der Waals surface area contributed by atoms with Gasteiger partial charge in [-0.25, -0.2) is 0 Å². The molecule has 0 amide bonds. The van der Waals surface area contributed by atoms with Gasteiger partial charge < -0.3 is 9.30 Å². The van der Waals surface area contributed by atoms with Crippen LogP contribution in [0.5, 0.6) is 0 Å². The van der Waals surface area contributed by atoms with Crippen LogP contribution in [-0.2, 0) is 13.0 Å². The third-order valence-corrected chi connectivity index (χ3v) is 4.25. The van der Waals surface area contributed by atoms with Gasteiger partial charge in [-0.05, 0) is 36.2 Å². The lowest BCUT2D eigenvalue weighted by Crippen LogP contribution is -2.23. The number of aryl methyl sites for hydroxylation is 1. The average molecular weight is 275 g/mol. The van der Waals surface area contributed by atoms with Crippen molar-refractivity contribution in [3.63, 3.8) is 0 Å². The van der Waals surface area contributed by atoms with Crippen molar-refractivity contribution < 1.29 is 0 Å². The molecule has 3 heteroatoms. The number of hydrogen-bond acceptors (Lipinski definition) is 1. The van der Waals surface area contributed by atoms with Gasteiger partial charge in [-0.3, -0.25) is 5.41 Å². The highest BCUT2D eigenvalue weighted by Crippen LogP contribution is 2.32. The summed E-state index contributed by atoms with van der Waals surface area (Å²) >= 11 is 0. The second-order valence-corrected chi connectivity index (χ2v) is 5.48. The van der Waals surface area contributed by atoms with E-state index in [0.717, 1.165) is 29.7 Å². The first-order valence-corrected chi connectivity index (χ1v) is 7.32. The summed E-state index contributed by atoms with van der Waals surface area (Å²) in [6.07, 6.45) is 5.23. The predicted octanol–water partition coefficient (Wildman–Crippen LogP) is 3.85. The Morgan fingerprint density at radius 2 is 1.90 bits per heavy atom. The SMILES string of the molecule is CCc1ccc(N2Cc3cn4ccccc4c3C2=N)cc1. The molecule has 0 spiro atoms. The van der Waals surface area contributed by atoms with Crippen molar-refractivity contribution in [2.45, 2.75) is 19.9 Å². The van der Waals surface area contributed by atoms with Crippen molar-refractivity contribution in [2.75, 3.05) is 4.90 Å². The Kier molecular flexibility index (Phi) is 2.61. The standard InChI is InChI=1S/C18H17N3/c1-2-13-6-8-15(9-7-13)21-12-14-11-20-10-4-3-5-16(20)17(14)18(21)19/h3-11,19H,2,12H2,1H3. The normalized spacial score (nSPS) is 14.0. The first-order chi connectivity index (χ1) is 10.3. The molecule has 2 aromatic heterocycles. The van der Waals surface area contributed by atoms with Gasteiger partial charge in [0.05, 0.1) is 12.1 Å². The van der Waals surface area contributed by atoms with Crippen molar-refractivity contribution >= 4 is 17.0 Å². The molecule has 1 aromatic carbocycles. The second kappa shape index (κ2) is 4.48. The topological polar surface area (TPSA) is 31.5 Å². The molecule has 1 aliphatic heterocycles. The Bertz CT molecular complexity index is 827. The number of nitrogens with zero attached hydrogens (tertiary/aromatic N) is 2.